The quantitative estimate of drug-likeness (QED) is 0.731. The molecule has 0 aliphatic carbocycles. The van der Waals surface area contributed by atoms with Crippen LogP contribution in [0, 0.1) is 0 Å². The Morgan fingerprint density at radius 3 is 2.73 bits per heavy atom. The molecule has 0 fully saturated rings. The Labute approximate surface area is 98.7 Å². The molecule has 0 amide bonds. The van der Waals surface area contributed by atoms with Gasteiger partial charge >= 0.3 is 0 Å². The van der Waals surface area contributed by atoms with Gasteiger partial charge in [0.1, 0.15) is 0 Å². The highest BCUT2D eigenvalue weighted by atomic mass is 35.5. The minimum atomic E-state index is 0. The molecule has 0 bridgehead atoms. The smallest absolute Gasteiger partial charge is 0.0534 e. The van der Waals surface area contributed by atoms with E-state index in [-0.39, 0.29) is 12.4 Å². The summed E-state index contributed by atoms with van der Waals surface area (Å²) < 4.78 is 1.84. The zero-order valence-electron chi connectivity index (χ0n) is 9.70. The van der Waals surface area contributed by atoms with Gasteiger partial charge < -0.3 is 5.32 Å². The van der Waals surface area contributed by atoms with Crippen molar-refractivity contribution in [1.82, 2.24) is 15.1 Å². The van der Waals surface area contributed by atoms with Gasteiger partial charge in [0.15, 0.2) is 0 Å². The summed E-state index contributed by atoms with van der Waals surface area (Å²) in [6.07, 6.45) is 9.26. The minimum Gasteiger partial charge on any atom is -0.313 e. The second-order valence-corrected chi connectivity index (χ2v) is 3.76. The lowest BCUT2D eigenvalue weighted by atomic mass is 10.2. The number of rotatable bonds is 7. The summed E-state index contributed by atoms with van der Waals surface area (Å²) in [7, 11) is 1.95. The third-order valence-electron chi connectivity index (χ3n) is 2.29. The molecule has 4 heteroatoms. The predicted octanol–water partition coefficient (Wildman–Crippen LogP) is 2.51. The van der Waals surface area contributed by atoms with Crippen molar-refractivity contribution in [3.8, 4) is 0 Å². The van der Waals surface area contributed by atoms with Gasteiger partial charge in [-0.15, -0.1) is 12.4 Å². The van der Waals surface area contributed by atoms with Crippen LogP contribution in [0.2, 0.25) is 0 Å². The molecule has 15 heavy (non-hydrogen) atoms. The molecule has 1 aromatic heterocycles. The molecule has 0 aliphatic heterocycles. The molecule has 1 N–H and O–H groups in total. The van der Waals surface area contributed by atoms with Gasteiger partial charge in [-0.25, -0.2) is 0 Å². The molecular weight excluding hydrogens is 210 g/mol. The van der Waals surface area contributed by atoms with E-state index in [1.807, 2.05) is 17.9 Å². The molecule has 0 atom stereocenters. The van der Waals surface area contributed by atoms with Crippen molar-refractivity contribution in [1.29, 1.82) is 0 Å². The maximum Gasteiger partial charge on any atom is 0.0534 e. The minimum absolute atomic E-state index is 0. The number of nitrogens with zero attached hydrogens (tertiary/aromatic N) is 2. The Morgan fingerprint density at radius 2 is 2.13 bits per heavy atom. The van der Waals surface area contributed by atoms with Crippen LogP contribution in [0.25, 0.3) is 0 Å². The lowest BCUT2D eigenvalue weighted by molar-refractivity contribution is 0.598. The fraction of sp³-hybridized carbons (Fsp3) is 0.727. The molecule has 88 valence electrons. The molecule has 0 spiro atoms. The van der Waals surface area contributed by atoms with Crippen molar-refractivity contribution in [3.63, 3.8) is 0 Å². The number of nitrogens with one attached hydrogen (secondary N) is 1. The maximum absolute atomic E-state index is 4.12. The largest absolute Gasteiger partial charge is 0.313 e. The average Bonchev–Trinajstić information content (AvgIpc) is 2.58. The van der Waals surface area contributed by atoms with Crippen molar-refractivity contribution in [2.24, 2.45) is 7.05 Å². The average molecular weight is 232 g/mol. The zero-order chi connectivity index (χ0) is 10.2. The first-order valence-corrected chi connectivity index (χ1v) is 5.51. The number of hydrogen-bond acceptors (Lipinski definition) is 2. The highest BCUT2D eigenvalue weighted by Gasteiger charge is 1.94. The lowest BCUT2D eigenvalue weighted by Gasteiger charge is -2.01. The Kier molecular flexibility index (Phi) is 8.43. The standard InChI is InChI=1S/C11H21N3.ClH/c1-3-4-5-6-7-12-8-11-9-13-14(2)10-11;/h9-10,12H,3-8H2,1-2H3;1H. The van der Waals surface area contributed by atoms with Gasteiger partial charge in [0, 0.05) is 25.4 Å². The van der Waals surface area contributed by atoms with Gasteiger partial charge in [0.25, 0.3) is 0 Å². The highest BCUT2D eigenvalue weighted by molar-refractivity contribution is 5.85. The molecule has 0 aromatic carbocycles. The van der Waals surface area contributed by atoms with Crippen LogP contribution in [0.15, 0.2) is 12.4 Å². The number of aromatic nitrogens is 2. The molecule has 1 heterocycles. The molecule has 3 nitrogen and oxygen atoms in total. The summed E-state index contributed by atoms with van der Waals surface area (Å²) in [6, 6.07) is 0. The first kappa shape index (κ1) is 14.5. The molecule has 0 aliphatic rings. The van der Waals surface area contributed by atoms with Gasteiger partial charge in [-0.3, -0.25) is 4.68 Å². The Bertz CT molecular complexity index is 248. The van der Waals surface area contributed by atoms with Crippen molar-refractivity contribution < 1.29 is 0 Å². The van der Waals surface area contributed by atoms with Crippen LogP contribution in [0.1, 0.15) is 38.2 Å². The topological polar surface area (TPSA) is 29.9 Å². The van der Waals surface area contributed by atoms with E-state index >= 15 is 0 Å². The highest BCUT2D eigenvalue weighted by Crippen LogP contribution is 1.98. The lowest BCUT2D eigenvalue weighted by Crippen LogP contribution is -2.14. The zero-order valence-corrected chi connectivity index (χ0v) is 10.5. The van der Waals surface area contributed by atoms with Crippen molar-refractivity contribution in [3.05, 3.63) is 18.0 Å². The molecule has 0 radical (unpaired) electrons. The fourth-order valence-corrected chi connectivity index (χ4v) is 1.47. The van der Waals surface area contributed by atoms with Crippen LogP contribution in [-0.2, 0) is 13.6 Å². The first-order valence-electron chi connectivity index (χ1n) is 5.51. The fourth-order valence-electron chi connectivity index (χ4n) is 1.47. The number of halogens is 1. The third kappa shape index (κ3) is 6.52. The molecule has 1 aromatic rings. The van der Waals surface area contributed by atoms with E-state index in [0.29, 0.717) is 0 Å². The van der Waals surface area contributed by atoms with Crippen molar-refractivity contribution >= 4 is 12.4 Å². The Balaban J connectivity index is 0.00000196. The maximum atomic E-state index is 4.12. The molecule has 0 unspecified atom stereocenters. The van der Waals surface area contributed by atoms with Gasteiger partial charge in [-0.05, 0) is 13.0 Å². The van der Waals surface area contributed by atoms with Crippen LogP contribution >= 0.6 is 12.4 Å². The van der Waals surface area contributed by atoms with E-state index in [1.54, 1.807) is 0 Å². The van der Waals surface area contributed by atoms with Gasteiger partial charge in [-0.1, -0.05) is 26.2 Å². The Hall–Kier alpha value is -0.540. The van der Waals surface area contributed by atoms with Gasteiger partial charge in [-0.2, -0.15) is 5.10 Å². The predicted molar refractivity (Wildman–Crippen MR) is 66.3 cm³/mol. The first-order chi connectivity index (χ1) is 6.83. The third-order valence-corrected chi connectivity index (χ3v) is 2.29. The van der Waals surface area contributed by atoms with Gasteiger partial charge in [0.2, 0.25) is 0 Å². The normalized spacial score (nSPS) is 10.0. The molecule has 0 saturated heterocycles. The summed E-state index contributed by atoms with van der Waals surface area (Å²) in [4.78, 5) is 0. The summed E-state index contributed by atoms with van der Waals surface area (Å²) >= 11 is 0. The van der Waals surface area contributed by atoms with Crippen LogP contribution in [0.3, 0.4) is 0 Å². The van der Waals surface area contributed by atoms with Crippen molar-refractivity contribution in [2.45, 2.75) is 39.2 Å². The van der Waals surface area contributed by atoms with Gasteiger partial charge in [0.05, 0.1) is 6.20 Å². The summed E-state index contributed by atoms with van der Waals surface area (Å²) in [5.41, 5.74) is 1.27. The number of hydrogen-bond donors (Lipinski definition) is 1. The van der Waals surface area contributed by atoms with E-state index in [2.05, 4.69) is 23.5 Å². The molecular formula is C11H22ClN3. The van der Waals surface area contributed by atoms with E-state index in [4.69, 9.17) is 0 Å². The van der Waals surface area contributed by atoms with Crippen molar-refractivity contribution in [2.75, 3.05) is 6.54 Å². The van der Waals surface area contributed by atoms with Crippen LogP contribution in [-0.4, -0.2) is 16.3 Å². The van der Waals surface area contributed by atoms with E-state index in [0.717, 1.165) is 13.1 Å². The van der Waals surface area contributed by atoms with E-state index < -0.39 is 0 Å². The SMILES string of the molecule is CCCCCCNCc1cnn(C)c1.Cl. The van der Waals surface area contributed by atoms with E-state index in [1.165, 1.54) is 31.2 Å². The number of aryl methyl sites for hydroxylation is 1. The van der Waals surface area contributed by atoms with E-state index in [9.17, 15) is 0 Å². The number of unbranched alkanes of at least 4 members (excludes halogenated alkanes) is 3. The Morgan fingerprint density at radius 1 is 1.33 bits per heavy atom. The molecule has 1 rings (SSSR count). The molecule has 0 saturated carbocycles. The summed E-state index contributed by atoms with van der Waals surface area (Å²) in [5.74, 6) is 0. The second kappa shape index (κ2) is 8.74. The monoisotopic (exact) mass is 231 g/mol. The van der Waals surface area contributed by atoms with Crippen LogP contribution < -0.4 is 5.32 Å². The summed E-state index contributed by atoms with van der Waals surface area (Å²) in [5, 5.41) is 7.54. The van der Waals surface area contributed by atoms with Crippen LogP contribution in [0.4, 0.5) is 0 Å². The second-order valence-electron chi connectivity index (χ2n) is 3.76. The summed E-state index contributed by atoms with van der Waals surface area (Å²) in [6.45, 7) is 4.30. The van der Waals surface area contributed by atoms with Crippen LogP contribution in [0.5, 0.6) is 0 Å².